The largest absolute Gasteiger partial charge is 0.496 e. The molecular formula is C25H27ClN2O4S. The van der Waals surface area contributed by atoms with E-state index in [0.29, 0.717) is 16.3 Å². The van der Waals surface area contributed by atoms with Crippen molar-refractivity contribution in [2.75, 3.05) is 18.5 Å². The minimum Gasteiger partial charge on any atom is -0.496 e. The Labute approximate surface area is 200 Å². The van der Waals surface area contributed by atoms with E-state index in [1.54, 1.807) is 31.4 Å². The minimum atomic E-state index is -3.75. The van der Waals surface area contributed by atoms with Crippen molar-refractivity contribution < 1.29 is 17.9 Å². The van der Waals surface area contributed by atoms with Crippen LogP contribution in [-0.4, -0.2) is 28.5 Å². The molecule has 3 aromatic rings. The topological polar surface area (TPSA) is 75.7 Å². The Bertz CT molecular complexity index is 1230. The Morgan fingerprint density at radius 2 is 1.70 bits per heavy atom. The molecule has 0 aliphatic heterocycles. The molecule has 3 rings (SSSR count). The molecule has 0 fully saturated rings. The Balaban J connectivity index is 1.75. The van der Waals surface area contributed by atoms with Crippen LogP contribution < -0.4 is 14.4 Å². The van der Waals surface area contributed by atoms with Crippen molar-refractivity contribution in [3.05, 3.63) is 88.4 Å². The summed E-state index contributed by atoms with van der Waals surface area (Å²) in [5.41, 5.74) is 2.88. The number of hydrogen-bond acceptors (Lipinski definition) is 4. The molecule has 0 aromatic heterocycles. The van der Waals surface area contributed by atoms with Crippen molar-refractivity contribution in [3.8, 4) is 5.75 Å². The molecule has 6 nitrogen and oxygen atoms in total. The Morgan fingerprint density at radius 3 is 2.24 bits per heavy atom. The van der Waals surface area contributed by atoms with Crippen LogP contribution in [0.4, 0.5) is 5.69 Å². The molecule has 0 spiro atoms. The van der Waals surface area contributed by atoms with Gasteiger partial charge in [-0.2, -0.15) is 0 Å². The summed E-state index contributed by atoms with van der Waals surface area (Å²) in [6.07, 6.45) is 0.720. The van der Waals surface area contributed by atoms with Gasteiger partial charge in [-0.05, 0) is 79.1 Å². The number of nitrogens with one attached hydrogen (secondary N) is 1. The predicted octanol–water partition coefficient (Wildman–Crippen LogP) is 5.36. The van der Waals surface area contributed by atoms with E-state index in [-0.39, 0.29) is 16.8 Å². The Morgan fingerprint density at radius 1 is 1.06 bits per heavy atom. The summed E-state index contributed by atoms with van der Waals surface area (Å²) in [5.74, 6) is 0.568. The van der Waals surface area contributed by atoms with Crippen molar-refractivity contribution >= 4 is 33.2 Å². The third-order valence-corrected chi connectivity index (χ3v) is 7.55. The molecule has 0 aliphatic rings. The van der Waals surface area contributed by atoms with Crippen LogP contribution in [0, 0.1) is 6.92 Å². The quantitative estimate of drug-likeness (QED) is 0.465. The van der Waals surface area contributed by atoms with Crippen molar-refractivity contribution in [1.82, 2.24) is 5.32 Å². The molecule has 3 aromatic carbocycles. The maximum Gasteiger partial charge on any atom is 0.264 e. The summed E-state index contributed by atoms with van der Waals surface area (Å²) in [4.78, 5) is 13.0. The highest BCUT2D eigenvalue weighted by Crippen LogP contribution is 2.26. The molecule has 0 radical (unpaired) electrons. The molecule has 33 heavy (non-hydrogen) atoms. The van der Waals surface area contributed by atoms with Gasteiger partial charge >= 0.3 is 0 Å². The summed E-state index contributed by atoms with van der Waals surface area (Å²) in [5, 5.41) is 3.51. The average Bonchev–Trinajstić information content (AvgIpc) is 2.82. The van der Waals surface area contributed by atoms with E-state index in [0.717, 1.165) is 23.3 Å². The average molecular weight is 487 g/mol. The third kappa shape index (κ3) is 5.49. The Hall–Kier alpha value is -3.03. The van der Waals surface area contributed by atoms with E-state index in [9.17, 15) is 13.2 Å². The minimum absolute atomic E-state index is 0.136. The van der Waals surface area contributed by atoms with Gasteiger partial charge in [-0.15, -0.1) is 0 Å². The number of nitrogens with zero attached hydrogens (tertiary/aromatic N) is 1. The van der Waals surface area contributed by atoms with Crippen LogP contribution in [0.1, 0.15) is 40.9 Å². The number of carbonyl (C=O) groups excluding carboxylic acids is 1. The molecule has 0 bridgehead atoms. The molecule has 0 saturated heterocycles. The van der Waals surface area contributed by atoms with E-state index in [1.807, 2.05) is 32.0 Å². The van der Waals surface area contributed by atoms with Crippen molar-refractivity contribution in [2.24, 2.45) is 0 Å². The summed E-state index contributed by atoms with van der Waals surface area (Å²) < 4.78 is 32.2. The number of halogens is 1. The molecule has 0 saturated carbocycles. The van der Waals surface area contributed by atoms with Gasteiger partial charge in [-0.25, -0.2) is 8.42 Å². The number of anilines is 1. The standard InChI is InChI=1S/C25H27ClN2O4S/c1-5-23(19-8-15-24(32-4)17(2)16-19)27-25(29)18-6-11-21(12-7-18)28(3)33(30,31)22-13-9-20(26)10-14-22/h6-16,23H,5H2,1-4H3,(H,27,29)/t23-/m0/s1. The fourth-order valence-electron chi connectivity index (χ4n) is 3.51. The first-order valence-corrected chi connectivity index (χ1v) is 12.3. The first-order valence-electron chi connectivity index (χ1n) is 10.5. The Kier molecular flexibility index (Phi) is 7.66. The third-order valence-electron chi connectivity index (χ3n) is 5.50. The first-order chi connectivity index (χ1) is 15.7. The number of rotatable bonds is 8. The van der Waals surface area contributed by atoms with Crippen LogP contribution in [0.5, 0.6) is 5.75 Å². The fourth-order valence-corrected chi connectivity index (χ4v) is 4.83. The van der Waals surface area contributed by atoms with Gasteiger partial charge in [0.25, 0.3) is 15.9 Å². The zero-order valence-corrected chi connectivity index (χ0v) is 20.6. The second-order valence-electron chi connectivity index (χ2n) is 7.64. The monoisotopic (exact) mass is 486 g/mol. The molecule has 1 N–H and O–H groups in total. The van der Waals surface area contributed by atoms with Crippen LogP contribution >= 0.6 is 11.6 Å². The number of sulfonamides is 1. The fraction of sp³-hybridized carbons (Fsp3) is 0.240. The highest BCUT2D eigenvalue weighted by Gasteiger charge is 2.22. The SMILES string of the molecule is CC[C@H](NC(=O)c1ccc(N(C)S(=O)(=O)c2ccc(Cl)cc2)cc1)c1ccc(OC)c(C)c1. The van der Waals surface area contributed by atoms with Crippen molar-refractivity contribution in [3.63, 3.8) is 0 Å². The van der Waals surface area contributed by atoms with Gasteiger partial charge in [0, 0.05) is 17.6 Å². The predicted molar refractivity (Wildman–Crippen MR) is 132 cm³/mol. The van der Waals surface area contributed by atoms with Gasteiger partial charge < -0.3 is 10.1 Å². The number of carbonyl (C=O) groups is 1. The second-order valence-corrected chi connectivity index (χ2v) is 10.0. The number of hydrogen-bond donors (Lipinski definition) is 1. The van der Waals surface area contributed by atoms with Crippen LogP contribution in [0.15, 0.2) is 71.6 Å². The highest BCUT2D eigenvalue weighted by molar-refractivity contribution is 7.92. The van der Waals surface area contributed by atoms with Crippen molar-refractivity contribution in [2.45, 2.75) is 31.2 Å². The zero-order chi connectivity index (χ0) is 24.2. The van der Waals surface area contributed by atoms with Crippen LogP contribution in [0.2, 0.25) is 5.02 Å². The summed E-state index contributed by atoms with van der Waals surface area (Å²) in [6, 6.07) is 18.1. The number of benzene rings is 3. The van der Waals surface area contributed by atoms with Crippen LogP contribution in [0.3, 0.4) is 0 Å². The van der Waals surface area contributed by atoms with Gasteiger partial charge in [0.15, 0.2) is 0 Å². The molecule has 1 atom stereocenters. The van der Waals surface area contributed by atoms with Crippen LogP contribution in [-0.2, 0) is 10.0 Å². The van der Waals surface area contributed by atoms with E-state index in [1.165, 1.54) is 35.6 Å². The molecule has 0 unspecified atom stereocenters. The highest BCUT2D eigenvalue weighted by atomic mass is 35.5. The maximum absolute atomic E-state index is 12.9. The van der Waals surface area contributed by atoms with Gasteiger partial charge in [-0.3, -0.25) is 9.10 Å². The van der Waals surface area contributed by atoms with Gasteiger partial charge in [0.2, 0.25) is 0 Å². The van der Waals surface area contributed by atoms with E-state index in [2.05, 4.69) is 5.32 Å². The normalized spacial score (nSPS) is 12.2. The maximum atomic E-state index is 12.9. The van der Waals surface area contributed by atoms with Gasteiger partial charge in [0.05, 0.1) is 23.7 Å². The van der Waals surface area contributed by atoms with Crippen molar-refractivity contribution in [1.29, 1.82) is 0 Å². The molecule has 8 heteroatoms. The van der Waals surface area contributed by atoms with E-state index in [4.69, 9.17) is 16.3 Å². The number of amides is 1. The zero-order valence-electron chi connectivity index (χ0n) is 19.0. The molecule has 0 aliphatic carbocycles. The van der Waals surface area contributed by atoms with E-state index < -0.39 is 10.0 Å². The summed E-state index contributed by atoms with van der Waals surface area (Å²) >= 11 is 5.86. The second kappa shape index (κ2) is 10.3. The lowest BCUT2D eigenvalue weighted by Crippen LogP contribution is -2.29. The number of aryl methyl sites for hydroxylation is 1. The lowest BCUT2D eigenvalue weighted by molar-refractivity contribution is 0.0935. The summed E-state index contributed by atoms with van der Waals surface area (Å²) in [6.45, 7) is 3.97. The van der Waals surface area contributed by atoms with E-state index >= 15 is 0 Å². The van der Waals surface area contributed by atoms with Gasteiger partial charge in [0.1, 0.15) is 5.75 Å². The molecular weight excluding hydrogens is 460 g/mol. The smallest absolute Gasteiger partial charge is 0.264 e. The van der Waals surface area contributed by atoms with Crippen LogP contribution in [0.25, 0.3) is 0 Å². The molecule has 1 amide bonds. The number of methoxy groups -OCH3 is 1. The summed E-state index contributed by atoms with van der Waals surface area (Å²) in [7, 11) is -0.649. The number of ether oxygens (including phenoxy) is 1. The van der Waals surface area contributed by atoms with Gasteiger partial charge in [-0.1, -0.05) is 30.7 Å². The lowest BCUT2D eigenvalue weighted by Gasteiger charge is -2.21. The lowest BCUT2D eigenvalue weighted by atomic mass is 10.0. The molecule has 0 heterocycles. The first kappa shape index (κ1) is 24.6. The molecule has 174 valence electrons.